The van der Waals surface area contributed by atoms with E-state index in [9.17, 15) is 5.21 Å². The summed E-state index contributed by atoms with van der Waals surface area (Å²) in [4.78, 5) is 0. The van der Waals surface area contributed by atoms with Crippen LogP contribution in [-0.4, -0.2) is 16.0 Å². The van der Waals surface area contributed by atoms with Crippen molar-refractivity contribution in [2.75, 3.05) is 0 Å². The summed E-state index contributed by atoms with van der Waals surface area (Å²) >= 11 is 0. The molecule has 2 heteroatoms. The minimum Gasteiger partial charge on any atom is -0.623 e. The summed E-state index contributed by atoms with van der Waals surface area (Å²) in [7, 11) is 0. The first-order chi connectivity index (χ1) is 4.04. The van der Waals surface area contributed by atoms with Crippen LogP contribution in [0.4, 0.5) is 0 Å². The molecule has 52 valence electrons. The van der Waals surface area contributed by atoms with Gasteiger partial charge in [0.05, 0.1) is 0 Å². The van der Waals surface area contributed by atoms with Crippen LogP contribution in [0.2, 0.25) is 0 Å². The van der Waals surface area contributed by atoms with E-state index in [2.05, 4.69) is 0 Å². The maximum atomic E-state index is 11.1. The van der Waals surface area contributed by atoms with Crippen LogP contribution in [0, 0.1) is 5.21 Å². The average molecular weight is 127 g/mol. The molecule has 1 heterocycles. The minimum absolute atomic E-state index is 0.135. The highest BCUT2D eigenvalue weighted by Gasteiger charge is 2.33. The van der Waals surface area contributed by atoms with Crippen LogP contribution in [0.1, 0.15) is 33.6 Å². The predicted molar refractivity (Wildman–Crippen MR) is 37.6 cm³/mol. The van der Waals surface area contributed by atoms with Gasteiger partial charge >= 0.3 is 0 Å². The van der Waals surface area contributed by atoms with Gasteiger partial charge in [0, 0.05) is 33.6 Å². The summed E-state index contributed by atoms with van der Waals surface area (Å²) < 4.78 is 1.13. The average Bonchev–Trinajstić information content (AvgIpc) is 1.97. The van der Waals surface area contributed by atoms with Crippen LogP contribution < -0.4 is 0 Å². The third kappa shape index (κ3) is 0.934. The maximum Gasteiger partial charge on any atom is 0.167 e. The van der Waals surface area contributed by atoms with Gasteiger partial charge in [-0.25, -0.2) is 4.74 Å². The van der Waals surface area contributed by atoms with Gasteiger partial charge in [0.2, 0.25) is 0 Å². The fourth-order valence-electron chi connectivity index (χ4n) is 1.21. The van der Waals surface area contributed by atoms with Crippen LogP contribution in [0.5, 0.6) is 0 Å². The number of hydrogen-bond donors (Lipinski definition) is 0. The zero-order valence-electron chi connectivity index (χ0n) is 6.27. The topological polar surface area (TPSA) is 26.1 Å². The van der Waals surface area contributed by atoms with Gasteiger partial charge in [0.25, 0.3) is 0 Å². The highest BCUT2D eigenvalue weighted by Crippen LogP contribution is 2.22. The van der Waals surface area contributed by atoms with E-state index in [1.165, 1.54) is 0 Å². The molecule has 9 heavy (non-hydrogen) atoms. The maximum absolute atomic E-state index is 11.1. The summed E-state index contributed by atoms with van der Waals surface area (Å²) in [6, 6.07) is 0. The van der Waals surface area contributed by atoms with E-state index in [-0.39, 0.29) is 5.54 Å². The lowest BCUT2D eigenvalue weighted by atomic mass is 10.0. The van der Waals surface area contributed by atoms with Gasteiger partial charge in [0.1, 0.15) is 0 Å². The van der Waals surface area contributed by atoms with Crippen molar-refractivity contribution in [1.29, 1.82) is 0 Å². The van der Waals surface area contributed by atoms with Crippen LogP contribution in [0.15, 0.2) is 0 Å². The minimum atomic E-state index is -0.135. The van der Waals surface area contributed by atoms with Crippen LogP contribution in [-0.2, 0) is 0 Å². The molecule has 0 radical (unpaired) electrons. The molecular weight excluding hydrogens is 114 g/mol. The molecule has 0 fully saturated rings. The Morgan fingerprint density at radius 3 is 2.22 bits per heavy atom. The van der Waals surface area contributed by atoms with Crippen LogP contribution in [0.3, 0.4) is 0 Å². The first-order valence-electron chi connectivity index (χ1n) is 3.34. The molecule has 1 aliphatic heterocycles. The zero-order valence-corrected chi connectivity index (χ0v) is 6.27. The van der Waals surface area contributed by atoms with E-state index in [1.807, 2.05) is 20.8 Å². The molecule has 0 unspecified atom stereocenters. The van der Waals surface area contributed by atoms with Crippen LogP contribution in [0.25, 0.3) is 0 Å². The fraction of sp³-hybridized carbons (Fsp3) is 0.857. The molecule has 0 aromatic heterocycles. The molecule has 0 atom stereocenters. The van der Waals surface area contributed by atoms with Gasteiger partial charge in [-0.3, -0.25) is 0 Å². The van der Waals surface area contributed by atoms with E-state index in [0.717, 1.165) is 23.3 Å². The van der Waals surface area contributed by atoms with Gasteiger partial charge in [-0.05, 0) is 0 Å². The summed E-state index contributed by atoms with van der Waals surface area (Å²) in [5.74, 6) is 0. The van der Waals surface area contributed by atoms with E-state index >= 15 is 0 Å². The largest absolute Gasteiger partial charge is 0.623 e. The lowest BCUT2D eigenvalue weighted by Crippen LogP contribution is -2.28. The predicted octanol–water partition coefficient (Wildman–Crippen LogP) is 1.53. The second kappa shape index (κ2) is 1.72. The van der Waals surface area contributed by atoms with Gasteiger partial charge in [-0.1, -0.05) is 0 Å². The molecule has 0 spiro atoms. The Bertz CT molecular complexity index is 158. The Morgan fingerprint density at radius 1 is 1.56 bits per heavy atom. The van der Waals surface area contributed by atoms with Crippen molar-refractivity contribution >= 4 is 5.71 Å². The van der Waals surface area contributed by atoms with Gasteiger partial charge in [0.15, 0.2) is 11.3 Å². The molecular formula is C7H13NO. The van der Waals surface area contributed by atoms with Crippen LogP contribution >= 0.6 is 0 Å². The number of hydroxylamine groups is 1. The fourth-order valence-corrected chi connectivity index (χ4v) is 1.21. The Labute approximate surface area is 55.8 Å². The molecule has 0 N–H and O–H groups in total. The van der Waals surface area contributed by atoms with Gasteiger partial charge < -0.3 is 5.21 Å². The summed E-state index contributed by atoms with van der Waals surface area (Å²) in [6.07, 6.45) is 1.97. The second-order valence-electron chi connectivity index (χ2n) is 3.34. The van der Waals surface area contributed by atoms with Crippen molar-refractivity contribution < 1.29 is 4.74 Å². The quantitative estimate of drug-likeness (QED) is 0.358. The monoisotopic (exact) mass is 127 g/mol. The molecule has 1 aliphatic rings. The van der Waals surface area contributed by atoms with Crippen molar-refractivity contribution in [2.24, 2.45) is 0 Å². The van der Waals surface area contributed by atoms with Gasteiger partial charge in [-0.15, -0.1) is 0 Å². The normalized spacial score (nSPS) is 25.2. The van der Waals surface area contributed by atoms with Crippen molar-refractivity contribution in [3.8, 4) is 0 Å². The molecule has 1 rings (SSSR count). The van der Waals surface area contributed by atoms with Crippen molar-refractivity contribution in [2.45, 2.75) is 39.2 Å². The highest BCUT2D eigenvalue weighted by atomic mass is 16.5. The zero-order chi connectivity index (χ0) is 7.07. The third-order valence-corrected chi connectivity index (χ3v) is 2.00. The first-order valence-corrected chi connectivity index (χ1v) is 3.34. The van der Waals surface area contributed by atoms with E-state index in [1.54, 1.807) is 0 Å². The Hall–Kier alpha value is -0.530. The molecule has 2 nitrogen and oxygen atoms in total. The molecule has 0 aromatic rings. The second-order valence-corrected chi connectivity index (χ2v) is 3.34. The Morgan fingerprint density at radius 2 is 2.11 bits per heavy atom. The van der Waals surface area contributed by atoms with E-state index in [4.69, 9.17) is 0 Å². The molecule has 0 amide bonds. The number of hydrogen-bond acceptors (Lipinski definition) is 1. The Balaban J connectivity index is 2.88. The molecule has 0 saturated heterocycles. The smallest absolute Gasteiger partial charge is 0.167 e. The van der Waals surface area contributed by atoms with Crippen molar-refractivity contribution in [3.05, 3.63) is 5.21 Å². The molecule has 0 aromatic carbocycles. The lowest BCUT2D eigenvalue weighted by Gasteiger charge is -2.17. The van der Waals surface area contributed by atoms with E-state index < -0.39 is 0 Å². The first kappa shape index (κ1) is 6.59. The standard InChI is InChI=1S/C7H13NO/c1-6-4-5-7(2,3)8(6)9/h4-5H2,1-3H3. The summed E-state index contributed by atoms with van der Waals surface area (Å²) in [5, 5.41) is 11.1. The molecule has 0 bridgehead atoms. The van der Waals surface area contributed by atoms with E-state index in [0.29, 0.717) is 0 Å². The number of nitrogens with zero attached hydrogens (tertiary/aromatic N) is 1. The van der Waals surface area contributed by atoms with Crippen molar-refractivity contribution in [1.82, 2.24) is 0 Å². The van der Waals surface area contributed by atoms with Crippen molar-refractivity contribution in [3.63, 3.8) is 0 Å². The van der Waals surface area contributed by atoms with Gasteiger partial charge in [-0.2, -0.15) is 0 Å². The number of rotatable bonds is 0. The highest BCUT2D eigenvalue weighted by molar-refractivity contribution is 5.78. The molecule has 0 aliphatic carbocycles. The summed E-state index contributed by atoms with van der Waals surface area (Å²) in [5.41, 5.74) is 0.837. The lowest BCUT2D eigenvalue weighted by molar-refractivity contribution is -0.531. The third-order valence-electron chi connectivity index (χ3n) is 2.00. The molecule has 0 saturated carbocycles. The Kier molecular flexibility index (Phi) is 1.26. The summed E-state index contributed by atoms with van der Waals surface area (Å²) in [6.45, 7) is 5.87. The SMILES string of the molecule is CC1=[N+]([O-])C(C)(C)CC1.